The van der Waals surface area contributed by atoms with Crippen molar-refractivity contribution in [1.29, 1.82) is 0 Å². The molecule has 0 saturated carbocycles. The molecule has 1 aromatic heterocycles. The van der Waals surface area contributed by atoms with Crippen molar-refractivity contribution in [3.63, 3.8) is 0 Å². The van der Waals surface area contributed by atoms with Crippen LogP contribution in [0.3, 0.4) is 0 Å². The van der Waals surface area contributed by atoms with Gasteiger partial charge in [-0.2, -0.15) is 0 Å². The number of nitrogens with zero attached hydrogens (tertiary/aromatic N) is 1. The Hall–Kier alpha value is -1.50. The molecule has 5 nitrogen and oxygen atoms in total. The van der Waals surface area contributed by atoms with Crippen LogP contribution < -0.4 is 0 Å². The summed E-state index contributed by atoms with van der Waals surface area (Å²) in [7, 11) is 0. The summed E-state index contributed by atoms with van der Waals surface area (Å²) in [5.74, 6) is -2.34. The largest absolute Gasteiger partial charge is 0.475 e. The quantitative estimate of drug-likeness (QED) is 0.904. The first kappa shape index (κ1) is 12.9. The van der Waals surface area contributed by atoms with Crippen LogP contribution >= 0.6 is 0 Å². The van der Waals surface area contributed by atoms with E-state index in [1.165, 1.54) is 0 Å². The van der Waals surface area contributed by atoms with E-state index in [0.717, 1.165) is 0 Å². The van der Waals surface area contributed by atoms with Crippen molar-refractivity contribution in [2.45, 2.75) is 25.7 Å². The number of carbonyl (C=O) groups is 1. The van der Waals surface area contributed by atoms with Gasteiger partial charge in [0.1, 0.15) is 0 Å². The maximum atomic E-state index is 12.7. The monoisotopic (exact) mass is 261 g/mol. The highest BCUT2D eigenvalue weighted by atomic mass is 19.3. The smallest absolute Gasteiger partial charge is 0.374 e. The minimum atomic E-state index is -2.95. The summed E-state index contributed by atoms with van der Waals surface area (Å²) >= 11 is 0. The number of oxazole rings is 1. The lowest BCUT2D eigenvalue weighted by Crippen LogP contribution is -2.23. The fourth-order valence-electron chi connectivity index (χ4n) is 2.06. The van der Waals surface area contributed by atoms with Crippen molar-refractivity contribution in [1.82, 2.24) is 4.98 Å². The number of aromatic carboxylic acids is 1. The average Bonchev–Trinajstić information content (AvgIpc) is 2.74. The van der Waals surface area contributed by atoms with Crippen molar-refractivity contribution in [2.24, 2.45) is 5.92 Å². The maximum Gasteiger partial charge on any atom is 0.374 e. The van der Waals surface area contributed by atoms with Gasteiger partial charge < -0.3 is 14.3 Å². The van der Waals surface area contributed by atoms with Crippen LogP contribution in [-0.2, 0) is 4.74 Å². The second-order valence-corrected chi connectivity index (χ2v) is 4.32. The number of aromatic nitrogens is 1. The Balaban J connectivity index is 2.33. The molecule has 1 saturated heterocycles. The maximum absolute atomic E-state index is 12.7. The predicted octanol–water partition coefficient (Wildman–Crippen LogP) is 2.45. The van der Waals surface area contributed by atoms with Gasteiger partial charge in [-0.3, -0.25) is 0 Å². The average molecular weight is 261 g/mol. The van der Waals surface area contributed by atoms with Gasteiger partial charge >= 0.3 is 5.97 Å². The van der Waals surface area contributed by atoms with Gasteiger partial charge in [-0.05, 0) is 12.3 Å². The van der Waals surface area contributed by atoms with Crippen LogP contribution in [0.25, 0.3) is 0 Å². The molecule has 1 N–H and O–H groups in total. The summed E-state index contributed by atoms with van der Waals surface area (Å²) < 4.78 is 35.5. The van der Waals surface area contributed by atoms with Crippen LogP contribution in [0.15, 0.2) is 4.42 Å². The third-order valence-electron chi connectivity index (χ3n) is 3.03. The van der Waals surface area contributed by atoms with E-state index < -0.39 is 23.8 Å². The zero-order valence-corrected chi connectivity index (χ0v) is 9.73. The standard InChI is InChI=1S/C11H13F2NO4/c1-5-4-17-3-2-6(5)10-14-7(9(12)13)8(18-10)11(15)16/h5-6,9H,2-4H2,1H3,(H,15,16). The fourth-order valence-corrected chi connectivity index (χ4v) is 2.06. The van der Waals surface area contributed by atoms with Crippen molar-refractivity contribution in [2.75, 3.05) is 13.2 Å². The second-order valence-electron chi connectivity index (χ2n) is 4.32. The van der Waals surface area contributed by atoms with E-state index in [-0.39, 0.29) is 17.7 Å². The third-order valence-corrected chi connectivity index (χ3v) is 3.03. The molecule has 0 bridgehead atoms. The second kappa shape index (κ2) is 5.01. The van der Waals surface area contributed by atoms with Gasteiger partial charge in [-0.1, -0.05) is 6.92 Å². The van der Waals surface area contributed by atoms with Crippen LogP contribution in [0, 0.1) is 5.92 Å². The molecule has 2 atom stereocenters. The summed E-state index contributed by atoms with van der Waals surface area (Å²) in [6, 6.07) is 0. The van der Waals surface area contributed by atoms with E-state index >= 15 is 0 Å². The van der Waals surface area contributed by atoms with E-state index in [0.29, 0.717) is 19.6 Å². The number of hydrogen-bond acceptors (Lipinski definition) is 4. The molecule has 0 radical (unpaired) electrons. The van der Waals surface area contributed by atoms with E-state index in [1.807, 2.05) is 6.92 Å². The zero-order chi connectivity index (χ0) is 13.3. The Morgan fingerprint density at radius 1 is 1.56 bits per heavy atom. The minimum absolute atomic E-state index is 0.0598. The number of rotatable bonds is 3. The SMILES string of the molecule is CC1COCCC1c1nc(C(F)F)c(C(=O)O)o1. The van der Waals surface area contributed by atoms with Gasteiger partial charge in [0.05, 0.1) is 0 Å². The summed E-state index contributed by atoms with van der Waals surface area (Å²) in [6.07, 6.45) is -2.37. The molecule has 1 aromatic rings. The van der Waals surface area contributed by atoms with Crippen LogP contribution in [0.4, 0.5) is 8.78 Å². The highest BCUT2D eigenvalue weighted by Gasteiger charge is 2.33. The third kappa shape index (κ3) is 2.35. The first-order chi connectivity index (χ1) is 8.50. The van der Waals surface area contributed by atoms with E-state index in [9.17, 15) is 13.6 Å². The van der Waals surface area contributed by atoms with Crippen molar-refractivity contribution < 1.29 is 27.8 Å². The molecule has 100 valence electrons. The van der Waals surface area contributed by atoms with Crippen molar-refractivity contribution in [3.05, 3.63) is 17.3 Å². The number of ether oxygens (including phenoxy) is 1. The molecule has 18 heavy (non-hydrogen) atoms. The van der Waals surface area contributed by atoms with Gasteiger partial charge in [0, 0.05) is 19.1 Å². The molecular weight excluding hydrogens is 248 g/mol. The van der Waals surface area contributed by atoms with Gasteiger partial charge in [0.25, 0.3) is 6.43 Å². The molecule has 0 aromatic carbocycles. The van der Waals surface area contributed by atoms with Gasteiger partial charge in [0.2, 0.25) is 5.76 Å². The van der Waals surface area contributed by atoms with E-state index in [2.05, 4.69) is 4.98 Å². The normalized spacial score (nSPS) is 24.4. The molecule has 7 heteroatoms. The number of halogens is 2. The lowest BCUT2D eigenvalue weighted by Gasteiger charge is -2.26. The van der Waals surface area contributed by atoms with Gasteiger partial charge in [-0.15, -0.1) is 0 Å². The molecule has 0 aliphatic carbocycles. The number of carboxylic acid groups (broad SMARTS) is 1. The Bertz CT molecular complexity index is 446. The predicted molar refractivity (Wildman–Crippen MR) is 55.8 cm³/mol. The Kier molecular flexibility index (Phi) is 3.60. The number of carboxylic acids is 1. The molecule has 2 rings (SSSR count). The number of hydrogen-bond donors (Lipinski definition) is 1. The van der Waals surface area contributed by atoms with Gasteiger partial charge in [0.15, 0.2) is 11.6 Å². The van der Waals surface area contributed by atoms with Crippen LogP contribution in [0.1, 0.15) is 47.8 Å². The molecule has 0 spiro atoms. The van der Waals surface area contributed by atoms with E-state index in [1.54, 1.807) is 0 Å². The summed E-state index contributed by atoms with van der Waals surface area (Å²) in [6.45, 7) is 2.86. The molecular formula is C11H13F2NO4. The van der Waals surface area contributed by atoms with Crippen LogP contribution in [0.2, 0.25) is 0 Å². The van der Waals surface area contributed by atoms with Gasteiger partial charge in [-0.25, -0.2) is 18.6 Å². The molecule has 1 aliphatic rings. The molecule has 1 fully saturated rings. The molecule has 2 unspecified atom stereocenters. The lowest BCUT2D eigenvalue weighted by atomic mass is 9.90. The first-order valence-corrected chi connectivity index (χ1v) is 5.60. The molecule has 0 amide bonds. The summed E-state index contributed by atoms with van der Waals surface area (Å²) in [5.41, 5.74) is -0.795. The number of alkyl halides is 2. The lowest BCUT2D eigenvalue weighted by molar-refractivity contribution is 0.0398. The van der Waals surface area contributed by atoms with E-state index in [4.69, 9.17) is 14.3 Å². The highest BCUT2D eigenvalue weighted by Crippen LogP contribution is 2.34. The first-order valence-electron chi connectivity index (χ1n) is 5.60. The van der Waals surface area contributed by atoms with Crippen molar-refractivity contribution in [3.8, 4) is 0 Å². The zero-order valence-electron chi connectivity index (χ0n) is 9.73. The summed E-state index contributed by atoms with van der Waals surface area (Å²) in [4.78, 5) is 14.5. The fraction of sp³-hybridized carbons (Fsp3) is 0.636. The van der Waals surface area contributed by atoms with Crippen LogP contribution in [-0.4, -0.2) is 29.3 Å². The Labute approximate surface area is 102 Å². The Morgan fingerprint density at radius 2 is 2.28 bits per heavy atom. The van der Waals surface area contributed by atoms with Crippen molar-refractivity contribution >= 4 is 5.97 Å². The minimum Gasteiger partial charge on any atom is -0.475 e. The highest BCUT2D eigenvalue weighted by molar-refractivity contribution is 5.85. The molecule has 1 aliphatic heterocycles. The topological polar surface area (TPSA) is 72.6 Å². The molecule has 2 heterocycles. The Morgan fingerprint density at radius 3 is 2.78 bits per heavy atom. The summed E-state index contributed by atoms with van der Waals surface area (Å²) in [5, 5.41) is 8.80. The van der Waals surface area contributed by atoms with Crippen LogP contribution in [0.5, 0.6) is 0 Å².